The van der Waals surface area contributed by atoms with Crippen molar-refractivity contribution in [2.45, 2.75) is 10.1 Å². The van der Waals surface area contributed by atoms with Crippen LogP contribution in [0.5, 0.6) is 0 Å². The van der Waals surface area contributed by atoms with Crippen molar-refractivity contribution in [1.29, 1.82) is 0 Å². The summed E-state index contributed by atoms with van der Waals surface area (Å²) in [5.41, 5.74) is 11.1. The molecule has 2 aromatic rings. The third-order valence-corrected chi connectivity index (χ3v) is 2.75. The first-order valence-electron chi connectivity index (χ1n) is 4.82. The summed E-state index contributed by atoms with van der Waals surface area (Å²) >= 11 is 1.20. The average molecular weight is 263 g/mol. The maximum absolute atomic E-state index is 10.6. The third-order valence-electron chi connectivity index (χ3n) is 1.91. The molecule has 0 saturated heterocycles. The van der Waals surface area contributed by atoms with E-state index in [-0.39, 0.29) is 17.3 Å². The Morgan fingerprint density at radius 3 is 2.39 bits per heavy atom. The normalized spacial score (nSPS) is 10.2. The van der Waals surface area contributed by atoms with Gasteiger partial charge >= 0.3 is 5.97 Å². The Bertz CT molecular complexity index is 567. The van der Waals surface area contributed by atoms with E-state index in [1.165, 1.54) is 30.1 Å². The zero-order chi connectivity index (χ0) is 13.1. The summed E-state index contributed by atoms with van der Waals surface area (Å²) in [5.74, 6) is -0.517. The van der Waals surface area contributed by atoms with E-state index in [0.717, 1.165) is 0 Å². The van der Waals surface area contributed by atoms with Gasteiger partial charge in [-0.1, -0.05) is 0 Å². The highest BCUT2D eigenvalue weighted by Gasteiger charge is 2.06. The number of aromatic nitrogens is 3. The minimum Gasteiger partial charge on any atom is -0.477 e. The SMILES string of the molecule is Nc1cc(N)nc(Sc2ccc(C(=O)O)nc2)n1. The molecule has 2 heterocycles. The van der Waals surface area contributed by atoms with Gasteiger partial charge < -0.3 is 16.6 Å². The van der Waals surface area contributed by atoms with E-state index in [4.69, 9.17) is 16.6 Å². The zero-order valence-electron chi connectivity index (χ0n) is 9.07. The first-order chi connectivity index (χ1) is 8.54. The highest BCUT2D eigenvalue weighted by Crippen LogP contribution is 2.25. The molecule has 2 aromatic heterocycles. The fraction of sp³-hybridized carbons (Fsp3) is 0. The molecule has 7 nitrogen and oxygen atoms in total. The second kappa shape index (κ2) is 4.88. The molecule has 0 atom stereocenters. The number of nitrogens with zero attached hydrogens (tertiary/aromatic N) is 3. The van der Waals surface area contributed by atoms with Crippen LogP contribution in [-0.2, 0) is 0 Å². The van der Waals surface area contributed by atoms with Gasteiger partial charge in [0.15, 0.2) is 5.16 Å². The van der Waals surface area contributed by atoms with Crippen molar-refractivity contribution >= 4 is 29.4 Å². The molecule has 0 saturated carbocycles. The second-order valence-electron chi connectivity index (χ2n) is 3.29. The van der Waals surface area contributed by atoms with Gasteiger partial charge in [0.25, 0.3) is 0 Å². The van der Waals surface area contributed by atoms with Crippen LogP contribution in [0.1, 0.15) is 10.5 Å². The Morgan fingerprint density at radius 2 is 1.89 bits per heavy atom. The largest absolute Gasteiger partial charge is 0.477 e. The van der Waals surface area contributed by atoms with Crippen molar-refractivity contribution < 1.29 is 9.90 Å². The molecule has 0 bridgehead atoms. The lowest BCUT2D eigenvalue weighted by atomic mass is 10.4. The molecule has 18 heavy (non-hydrogen) atoms. The lowest BCUT2D eigenvalue weighted by Gasteiger charge is -2.02. The first kappa shape index (κ1) is 12.1. The lowest BCUT2D eigenvalue weighted by molar-refractivity contribution is 0.0690. The summed E-state index contributed by atoms with van der Waals surface area (Å²) in [5, 5.41) is 9.10. The van der Waals surface area contributed by atoms with Gasteiger partial charge in [-0.2, -0.15) is 0 Å². The minimum absolute atomic E-state index is 0.0210. The highest BCUT2D eigenvalue weighted by atomic mass is 32.2. The first-order valence-corrected chi connectivity index (χ1v) is 5.63. The van der Waals surface area contributed by atoms with E-state index in [9.17, 15) is 4.79 Å². The van der Waals surface area contributed by atoms with E-state index in [1.807, 2.05) is 0 Å². The zero-order valence-corrected chi connectivity index (χ0v) is 9.89. The number of carbonyl (C=O) groups is 1. The molecule has 0 unspecified atom stereocenters. The summed E-state index contributed by atoms with van der Waals surface area (Å²) in [6.07, 6.45) is 1.43. The summed E-state index contributed by atoms with van der Waals surface area (Å²) in [7, 11) is 0. The van der Waals surface area contributed by atoms with Crippen molar-refractivity contribution in [2.75, 3.05) is 11.5 Å². The Labute approximate surface area is 106 Å². The monoisotopic (exact) mass is 263 g/mol. The molecular weight excluding hydrogens is 254 g/mol. The van der Waals surface area contributed by atoms with Crippen molar-refractivity contribution in [1.82, 2.24) is 15.0 Å². The van der Waals surface area contributed by atoms with E-state index in [0.29, 0.717) is 10.1 Å². The van der Waals surface area contributed by atoms with Gasteiger partial charge in [0.1, 0.15) is 17.3 Å². The summed E-state index contributed by atoms with van der Waals surface area (Å²) in [6, 6.07) is 4.47. The Morgan fingerprint density at radius 1 is 1.22 bits per heavy atom. The van der Waals surface area contributed by atoms with Gasteiger partial charge in [-0.25, -0.2) is 19.7 Å². The smallest absolute Gasteiger partial charge is 0.354 e. The fourth-order valence-corrected chi connectivity index (χ4v) is 1.93. The quantitative estimate of drug-likeness (QED) is 0.696. The van der Waals surface area contributed by atoms with Crippen LogP contribution in [0.3, 0.4) is 0 Å². The summed E-state index contributed by atoms with van der Waals surface area (Å²) < 4.78 is 0. The van der Waals surface area contributed by atoms with Crippen molar-refractivity contribution in [3.8, 4) is 0 Å². The topological polar surface area (TPSA) is 128 Å². The summed E-state index contributed by atoms with van der Waals surface area (Å²) in [6.45, 7) is 0. The van der Waals surface area contributed by atoms with E-state index < -0.39 is 5.97 Å². The molecule has 0 radical (unpaired) electrons. The number of anilines is 2. The van der Waals surface area contributed by atoms with Crippen LogP contribution in [0.2, 0.25) is 0 Å². The molecule has 2 rings (SSSR count). The number of nitrogens with two attached hydrogens (primary N) is 2. The molecule has 0 aliphatic heterocycles. The number of hydrogen-bond donors (Lipinski definition) is 3. The second-order valence-corrected chi connectivity index (χ2v) is 4.33. The number of rotatable bonds is 3. The number of carboxylic acid groups (broad SMARTS) is 1. The summed E-state index contributed by atoms with van der Waals surface area (Å²) in [4.78, 5) is 23.1. The molecule has 0 fully saturated rings. The van der Waals surface area contributed by atoms with Crippen LogP contribution >= 0.6 is 11.8 Å². The predicted octanol–water partition coefficient (Wildman–Crippen LogP) is 0.885. The van der Waals surface area contributed by atoms with Crippen LogP contribution in [-0.4, -0.2) is 26.0 Å². The standard InChI is InChI=1S/C10H9N5O2S/c11-7-3-8(12)15-10(14-7)18-5-1-2-6(9(16)17)13-4-5/h1-4H,(H,16,17)(H4,11,12,14,15). The van der Waals surface area contributed by atoms with Crippen molar-refractivity contribution in [3.05, 3.63) is 30.1 Å². The Balaban J connectivity index is 2.20. The van der Waals surface area contributed by atoms with Gasteiger partial charge in [0.05, 0.1) is 0 Å². The van der Waals surface area contributed by atoms with Crippen LogP contribution in [0.4, 0.5) is 11.6 Å². The van der Waals surface area contributed by atoms with Crippen LogP contribution < -0.4 is 11.5 Å². The fourth-order valence-electron chi connectivity index (χ4n) is 1.18. The molecule has 92 valence electrons. The molecule has 0 aliphatic carbocycles. The van der Waals surface area contributed by atoms with Gasteiger partial charge in [-0.3, -0.25) is 0 Å². The maximum Gasteiger partial charge on any atom is 0.354 e. The molecule has 0 aliphatic rings. The number of nitrogen functional groups attached to an aromatic ring is 2. The number of aromatic carboxylic acids is 1. The third kappa shape index (κ3) is 2.86. The van der Waals surface area contributed by atoms with Crippen molar-refractivity contribution in [3.63, 3.8) is 0 Å². The Hall–Kier alpha value is -2.35. The highest BCUT2D eigenvalue weighted by molar-refractivity contribution is 7.99. The lowest BCUT2D eigenvalue weighted by Crippen LogP contribution is -2.00. The van der Waals surface area contributed by atoms with E-state index >= 15 is 0 Å². The molecule has 0 amide bonds. The molecule has 8 heteroatoms. The van der Waals surface area contributed by atoms with Gasteiger partial charge in [-0.15, -0.1) is 0 Å². The van der Waals surface area contributed by atoms with Gasteiger partial charge in [0.2, 0.25) is 0 Å². The van der Waals surface area contributed by atoms with E-state index in [2.05, 4.69) is 15.0 Å². The minimum atomic E-state index is -1.07. The number of hydrogen-bond acceptors (Lipinski definition) is 7. The van der Waals surface area contributed by atoms with Crippen LogP contribution in [0.25, 0.3) is 0 Å². The predicted molar refractivity (Wildman–Crippen MR) is 66.2 cm³/mol. The molecule has 0 spiro atoms. The molecule has 0 aromatic carbocycles. The average Bonchev–Trinajstić information content (AvgIpc) is 2.28. The molecule has 5 N–H and O–H groups in total. The van der Waals surface area contributed by atoms with Gasteiger partial charge in [0, 0.05) is 17.2 Å². The molecular formula is C10H9N5O2S. The maximum atomic E-state index is 10.6. The van der Waals surface area contributed by atoms with Crippen LogP contribution in [0, 0.1) is 0 Å². The van der Waals surface area contributed by atoms with Crippen molar-refractivity contribution in [2.24, 2.45) is 0 Å². The van der Waals surface area contributed by atoms with Gasteiger partial charge in [-0.05, 0) is 23.9 Å². The number of carboxylic acids is 1. The van der Waals surface area contributed by atoms with E-state index in [1.54, 1.807) is 6.07 Å². The number of pyridine rings is 1. The Kier molecular flexibility index (Phi) is 3.28. The van der Waals surface area contributed by atoms with Crippen LogP contribution in [0.15, 0.2) is 34.4 Å².